The van der Waals surface area contributed by atoms with Gasteiger partial charge in [0.25, 0.3) is 0 Å². The molecule has 0 aliphatic carbocycles. The van der Waals surface area contributed by atoms with Crippen molar-refractivity contribution in [2.45, 2.75) is 35.4 Å². The third-order valence-electron chi connectivity index (χ3n) is 7.03. The van der Waals surface area contributed by atoms with Gasteiger partial charge in [-0.2, -0.15) is 0 Å². The van der Waals surface area contributed by atoms with Crippen LogP contribution in [-0.2, 0) is 11.3 Å². The van der Waals surface area contributed by atoms with Gasteiger partial charge >= 0.3 is 0 Å². The zero-order valence-electron chi connectivity index (χ0n) is 21.7. The molecule has 0 bridgehead atoms. The van der Waals surface area contributed by atoms with Gasteiger partial charge in [0.05, 0.1) is 12.4 Å². The van der Waals surface area contributed by atoms with Gasteiger partial charge in [-0.15, -0.1) is 11.8 Å². The molecule has 6 rings (SSSR count). The number of hydrogen-bond acceptors (Lipinski definition) is 8. The zero-order valence-corrected chi connectivity index (χ0v) is 24.7. The smallest absolute Gasteiger partial charge is 0.236 e. The molecule has 4 N–H and O–H groups in total. The van der Waals surface area contributed by atoms with Crippen molar-refractivity contribution in [2.24, 2.45) is 0 Å². The highest BCUT2D eigenvalue weighted by Crippen LogP contribution is 2.43. The van der Waals surface area contributed by atoms with Gasteiger partial charge in [-0.3, -0.25) is 9.36 Å². The Morgan fingerprint density at radius 3 is 2.32 bits per heavy atom. The van der Waals surface area contributed by atoms with E-state index < -0.39 is 28.9 Å². The van der Waals surface area contributed by atoms with Crippen LogP contribution in [0, 0.1) is 3.57 Å². The van der Waals surface area contributed by atoms with Crippen LogP contribution < -0.4 is 10.6 Å². The van der Waals surface area contributed by atoms with Crippen molar-refractivity contribution in [1.82, 2.24) is 24.8 Å². The summed E-state index contributed by atoms with van der Waals surface area (Å²) in [5.74, 6) is 0.203. The van der Waals surface area contributed by atoms with Crippen LogP contribution in [0.15, 0.2) is 97.6 Å². The molecule has 208 valence electrons. The Balaban J connectivity index is 1.22. The molecular weight excluding hydrogens is 651 g/mol. The van der Waals surface area contributed by atoms with E-state index in [0.717, 1.165) is 20.3 Å². The number of aromatic nitrogens is 4. The lowest BCUT2D eigenvalue weighted by atomic mass is 9.98. The van der Waals surface area contributed by atoms with Crippen molar-refractivity contribution < 1.29 is 15.0 Å². The number of amides is 1. The topological polar surface area (TPSA) is 125 Å². The summed E-state index contributed by atoms with van der Waals surface area (Å²) in [5.41, 5.74) is 3.99. The number of aliphatic hydroxyl groups is 2. The van der Waals surface area contributed by atoms with Crippen LogP contribution in [-0.4, -0.2) is 53.1 Å². The van der Waals surface area contributed by atoms with Gasteiger partial charge < -0.3 is 20.8 Å². The molecule has 3 aromatic carbocycles. The standard InChI is InChI=1S/C30H27IN6O3S/c31-21-13-7-8-18(14-21)15-32-27-23-28(34-16-33-27)37(17-35-23)30-25(39)24(38)26(41-30)29(40)36-22(19-9-3-1-4-10-19)20-11-5-2-6-12-20/h1-14,16-17,22,24-26,30,38-39H,15H2,(H,36,40)(H,32,33,34)/t24-,25+,26-,30+/m0/s1. The van der Waals surface area contributed by atoms with Gasteiger partial charge in [-0.1, -0.05) is 72.8 Å². The SMILES string of the molecule is O=C(NC(c1ccccc1)c1ccccc1)[C@H]1S[C@@H](n2cnc3c(NCc4cccc(I)c4)ncnc32)[C@H](O)[C@@H]1O. The fourth-order valence-corrected chi connectivity index (χ4v) is 7.01. The Morgan fingerprint density at radius 1 is 0.927 bits per heavy atom. The van der Waals surface area contributed by atoms with Gasteiger partial charge in [0.1, 0.15) is 34.7 Å². The third kappa shape index (κ3) is 5.80. The fourth-order valence-electron chi connectivity index (χ4n) is 4.98. The molecule has 0 spiro atoms. The normalized spacial score (nSPS) is 20.4. The molecule has 4 atom stereocenters. The minimum atomic E-state index is -1.28. The first-order chi connectivity index (χ1) is 20.0. The summed E-state index contributed by atoms with van der Waals surface area (Å²) in [7, 11) is 0. The molecule has 1 saturated heterocycles. The van der Waals surface area contributed by atoms with Gasteiger partial charge in [-0.25, -0.2) is 15.0 Å². The second-order valence-electron chi connectivity index (χ2n) is 9.72. The van der Waals surface area contributed by atoms with E-state index in [-0.39, 0.29) is 5.91 Å². The number of carbonyl (C=O) groups excluding carboxylic acids is 1. The highest BCUT2D eigenvalue weighted by molar-refractivity contribution is 14.1. The molecule has 0 saturated carbocycles. The highest BCUT2D eigenvalue weighted by atomic mass is 127. The lowest BCUT2D eigenvalue weighted by Gasteiger charge is -2.23. The number of rotatable bonds is 8. The molecule has 1 aliphatic heterocycles. The summed E-state index contributed by atoms with van der Waals surface area (Å²) < 4.78 is 2.84. The van der Waals surface area contributed by atoms with E-state index in [1.165, 1.54) is 18.1 Å². The first kappa shape index (κ1) is 27.6. The first-order valence-corrected chi connectivity index (χ1v) is 15.1. The molecule has 9 nitrogen and oxygen atoms in total. The maximum atomic E-state index is 13.6. The maximum Gasteiger partial charge on any atom is 0.236 e. The van der Waals surface area contributed by atoms with Crippen LogP contribution in [0.3, 0.4) is 0 Å². The average Bonchev–Trinajstić information content (AvgIpc) is 3.56. The predicted molar refractivity (Wildman–Crippen MR) is 167 cm³/mol. The van der Waals surface area contributed by atoms with Crippen molar-refractivity contribution in [1.29, 1.82) is 0 Å². The summed E-state index contributed by atoms with van der Waals surface area (Å²) in [5, 5.41) is 26.9. The lowest BCUT2D eigenvalue weighted by molar-refractivity contribution is -0.124. The number of nitrogens with one attached hydrogen (secondary N) is 2. The average molecular weight is 679 g/mol. The monoisotopic (exact) mass is 678 g/mol. The number of aliphatic hydroxyl groups excluding tert-OH is 2. The number of anilines is 1. The number of imidazole rings is 1. The number of benzene rings is 3. The van der Waals surface area contributed by atoms with Gasteiger partial charge in [-0.05, 0) is 51.4 Å². The molecule has 41 heavy (non-hydrogen) atoms. The third-order valence-corrected chi connectivity index (χ3v) is 9.27. The van der Waals surface area contributed by atoms with Crippen LogP contribution >= 0.6 is 34.4 Å². The van der Waals surface area contributed by atoms with Gasteiger partial charge in [0, 0.05) is 10.1 Å². The van der Waals surface area contributed by atoms with Crippen LogP contribution in [0.4, 0.5) is 5.82 Å². The van der Waals surface area contributed by atoms with Crippen LogP contribution in [0.5, 0.6) is 0 Å². The van der Waals surface area contributed by atoms with E-state index in [0.29, 0.717) is 23.5 Å². The van der Waals surface area contributed by atoms with E-state index in [2.05, 4.69) is 54.2 Å². The Hall–Kier alpha value is -3.52. The number of thioether (sulfide) groups is 1. The second-order valence-corrected chi connectivity index (χ2v) is 12.2. The molecule has 11 heteroatoms. The summed E-state index contributed by atoms with van der Waals surface area (Å²) in [6.07, 6.45) is 0.516. The van der Waals surface area contributed by atoms with Crippen molar-refractivity contribution in [2.75, 3.05) is 5.32 Å². The fraction of sp³-hybridized carbons (Fsp3) is 0.200. The van der Waals surface area contributed by atoms with Crippen LogP contribution in [0.2, 0.25) is 0 Å². The van der Waals surface area contributed by atoms with Crippen LogP contribution in [0.25, 0.3) is 11.2 Å². The molecule has 3 heterocycles. The highest BCUT2D eigenvalue weighted by Gasteiger charge is 2.47. The number of halogens is 1. The summed E-state index contributed by atoms with van der Waals surface area (Å²) in [6, 6.07) is 27.1. The summed E-state index contributed by atoms with van der Waals surface area (Å²) in [6.45, 7) is 0.557. The number of nitrogens with zero attached hydrogens (tertiary/aromatic N) is 4. The van der Waals surface area contributed by atoms with Crippen molar-refractivity contribution in [3.8, 4) is 0 Å². The van der Waals surface area contributed by atoms with Gasteiger partial charge in [0.2, 0.25) is 5.91 Å². The summed E-state index contributed by atoms with van der Waals surface area (Å²) >= 11 is 3.46. The molecule has 2 aromatic heterocycles. The van der Waals surface area contributed by atoms with Crippen molar-refractivity contribution in [3.05, 3.63) is 118 Å². The van der Waals surface area contributed by atoms with E-state index in [1.54, 1.807) is 10.9 Å². The predicted octanol–water partition coefficient (Wildman–Crippen LogP) is 4.28. The molecule has 5 aromatic rings. The molecule has 1 aliphatic rings. The van der Waals surface area contributed by atoms with Crippen molar-refractivity contribution >= 4 is 57.2 Å². The van der Waals surface area contributed by atoms with Crippen LogP contribution in [0.1, 0.15) is 28.1 Å². The molecule has 1 fully saturated rings. The molecule has 0 unspecified atom stereocenters. The Morgan fingerprint density at radius 2 is 1.63 bits per heavy atom. The largest absolute Gasteiger partial charge is 0.389 e. The van der Waals surface area contributed by atoms with Crippen molar-refractivity contribution in [3.63, 3.8) is 0 Å². The zero-order chi connectivity index (χ0) is 28.3. The minimum absolute atomic E-state index is 0.361. The lowest BCUT2D eigenvalue weighted by Crippen LogP contribution is -2.42. The molecular formula is C30H27IN6O3S. The maximum absolute atomic E-state index is 13.6. The van der Waals surface area contributed by atoms with E-state index in [9.17, 15) is 15.0 Å². The minimum Gasteiger partial charge on any atom is -0.389 e. The Labute approximate surface area is 254 Å². The number of carbonyl (C=O) groups is 1. The van der Waals surface area contributed by atoms with E-state index in [4.69, 9.17) is 0 Å². The van der Waals surface area contributed by atoms with Gasteiger partial charge in [0.15, 0.2) is 11.5 Å². The molecule has 1 amide bonds. The quantitative estimate of drug-likeness (QED) is 0.179. The van der Waals surface area contributed by atoms with E-state index in [1.807, 2.05) is 78.9 Å². The Bertz CT molecular complexity index is 1610. The number of fused-ring (bicyclic) bond motifs is 1. The Kier molecular flexibility index (Phi) is 8.19. The molecule has 0 radical (unpaired) electrons. The summed E-state index contributed by atoms with van der Waals surface area (Å²) in [4.78, 5) is 26.9. The first-order valence-electron chi connectivity index (χ1n) is 13.1. The second kappa shape index (κ2) is 12.1. The van der Waals surface area contributed by atoms with E-state index >= 15 is 0 Å². The number of hydrogen-bond donors (Lipinski definition) is 4.